The Morgan fingerprint density at radius 1 is 1.18 bits per heavy atom. The second-order valence-corrected chi connectivity index (χ2v) is 3.29. The summed E-state index contributed by atoms with van der Waals surface area (Å²) in [6.45, 7) is 3.44. The van der Waals surface area contributed by atoms with Gasteiger partial charge in [-0.25, -0.2) is 0 Å². The van der Waals surface area contributed by atoms with Gasteiger partial charge in [0, 0.05) is 35.6 Å². The number of hydrogen-bond acceptors (Lipinski definition) is 1. The van der Waals surface area contributed by atoms with E-state index < -0.39 is 0 Å². The second kappa shape index (κ2) is 7.60. The molecule has 2 heteroatoms. The normalized spacial score (nSPS) is 19.4. The van der Waals surface area contributed by atoms with Gasteiger partial charge >= 0.3 is 0 Å². The van der Waals surface area contributed by atoms with Crippen molar-refractivity contribution in [3.05, 3.63) is 0 Å². The summed E-state index contributed by atoms with van der Waals surface area (Å²) in [7, 11) is 0. The molecule has 61 valence electrons. The zero-order valence-electron chi connectivity index (χ0n) is 8.03. The summed E-state index contributed by atoms with van der Waals surface area (Å²) in [5, 5.41) is 3.57. The molecule has 1 N–H and O–H groups in total. The molecule has 0 aliphatic heterocycles. The summed E-state index contributed by atoms with van der Waals surface area (Å²) in [5.74, 6) is 0. The van der Waals surface area contributed by atoms with Crippen LogP contribution in [0.15, 0.2) is 0 Å². The predicted molar refractivity (Wildman–Crippen MR) is 50.9 cm³/mol. The summed E-state index contributed by atoms with van der Waals surface area (Å²) in [6, 6.07) is 0.855. The number of nitrogens with one attached hydrogen (secondary N) is 1. The first-order chi connectivity index (χ1) is 4.93. The van der Waals surface area contributed by atoms with E-state index in [0.717, 1.165) is 6.04 Å². The fourth-order valence-corrected chi connectivity index (χ4v) is 1.66. The van der Waals surface area contributed by atoms with Crippen LogP contribution in [0, 0.1) is 0 Å². The molecule has 0 spiro atoms. The zero-order valence-corrected chi connectivity index (χ0v) is 10.0. The maximum absolute atomic E-state index is 3.57. The van der Waals surface area contributed by atoms with E-state index in [1.54, 1.807) is 0 Å². The Bertz CT molecular complexity index is 79.6. The summed E-state index contributed by atoms with van der Waals surface area (Å²) >= 11 is 0. The van der Waals surface area contributed by atoms with Crippen molar-refractivity contribution in [3.8, 4) is 0 Å². The Morgan fingerprint density at radius 2 is 1.82 bits per heavy atom. The standard InChI is InChI=1S/C9H19N.Na/c1-2-8-10-9-6-4-3-5-7-9;/h9-10H,2-8H2,1H3;. The minimum atomic E-state index is 0. The van der Waals surface area contributed by atoms with Crippen LogP contribution in [0.4, 0.5) is 0 Å². The molecule has 0 amide bonds. The van der Waals surface area contributed by atoms with E-state index in [-0.39, 0.29) is 29.6 Å². The van der Waals surface area contributed by atoms with Crippen LogP contribution < -0.4 is 5.32 Å². The van der Waals surface area contributed by atoms with Gasteiger partial charge in [-0.15, -0.1) is 0 Å². The van der Waals surface area contributed by atoms with Crippen molar-refractivity contribution >= 4 is 29.6 Å². The SMILES string of the molecule is CCCNC1CCCCC1.[Na]. The largest absolute Gasteiger partial charge is 0.314 e. The van der Waals surface area contributed by atoms with Gasteiger partial charge in [0.2, 0.25) is 0 Å². The molecule has 1 aliphatic rings. The Labute approximate surface area is 92.6 Å². The van der Waals surface area contributed by atoms with Crippen LogP contribution in [0.3, 0.4) is 0 Å². The Morgan fingerprint density at radius 3 is 2.36 bits per heavy atom. The first-order valence-corrected chi connectivity index (χ1v) is 4.67. The van der Waals surface area contributed by atoms with Crippen LogP contribution in [-0.4, -0.2) is 42.1 Å². The summed E-state index contributed by atoms with van der Waals surface area (Å²) in [6.07, 6.45) is 8.46. The number of rotatable bonds is 3. The number of hydrogen-bond donors (Lipinski definition) is 1. The molecule has 0 aromatic rings. The summed E-state index contributed by atoms with van der Waals surface area (Å²) in [4.78, 5) is 0. The van der Waals surface area contributed by atoms with Crippen molar-refractivity contribution in [2.24, 2.45) is 0 Å². The Hall–Kier alpha value is 0.960. The monoisotopic (exact) mass is 164 g/mol. The molecule has 0 aromatic heterocycles. The third kappa shape index (κ3) is 5.24. The van der Waals surface area contributed by atoms with E-state index in [0.29, 0.717) is 0 Å². The minimum absolute atomic E-state index is 0. The average Bonchev–Trinajstić information content (AvgIpc) is 2.03. The van der Waals surface area contributed by atoms with Crippen LogP contribution in [0.5, 0.6) is 0 Å². The van der Waals surface area contributed by atoms with Gasteiger partial charge in [0.25, 0.3) is 0 Å². The minimum Gasteiger partial charge on any atom is -0.314 e. The molecule has 0 bridgehead atoms. The van der Waals surface area contributed by atoms with E-state index in [9.17, 15) is 0 Å². The van der Waals surface area contributed by atoms with E-state index in [1.807, 2.05) is 0 Å². The predicted octanol–water partition coefficient (Wildman–Crippen LogP) is 1.94. The molecule has 1 fully saturated rings. The maximum Gasteiger partial charge on any atom is 0.00670 e. The van der Waals surface area contributed by atoms with E-state index in [2.05, 4.69) is 12.2 Å². The van der Waals surface area contributed by atoms with E-state index in [1.165, 1.54) is 45.1 Å². The van der Waals surface area contributed by atoms with Gasteiger partial charge in [-0.2, -0.15) is 0 Å². The molecule has 1 aliphatic carbocycles. The average molecular weight is 164 g/mol. The maximum atomic E-state index is 3.57. The van der Waals surface area contributed by atoms with Crippen molar-refractivity contribution in [2.75, 3.05) is 6.54 Å². The first-order valence-electron chi connectivity index (χ1n) is 4.67. The molecule has 1 radical (unpaired) electrons. The molecule has 0 aromatic carbocycles. The Kier molecular flexibility index (Phi) is 8.26. The van der Waals surface area contributed by atoms with Crippen LogP contribution in [0.1, 0.15) is 45.4 Å². The smallest absolute Gasteiger partial charge is 0.00670 e. The van der Waals surface area contributed by atoms with Crippen LogP contribution in [0.2, 0.25) is 0 Å². The topological polar surface area (TPSA) is 12.0 Å². The molecule has 0 atom stereocenters. The van der Waals surface area contributed by atoms with E-state index >= 15 is 0 Å². The van der Waals surface area contributed by atoms with Gasteiger partial charge in [-0.1, -0.05) is 26.2 Å². The third-order valence-corrected chi connectivity index (χ3v) is 2.29. The molecule has 0 saturated heterocycles. The molecule has 11 heavy (non-hydrogen) atoms. The Balaban J connectivity index is 0.000001000. The van der Waals surface area contributed by atoms with Gasteiger partial charge in [0.05, 0.1) is 0 Å². The van der Waals surface area contributed by atoms with Gasteiger partial charge in [-0.3, -0.25) is 0 Å². The van der Waals surface area contributed by atoms with Crippen LogP contribution in [0.25, 0.3) is 0 Å². The van der Waals surface area contributed by atoms with Crippen molar-refractivity contribution in [1.82, 2.24) is 5.32 Å². The van der Waals surface area contributed by atoms with Gasteiger partial charge in [0.1, 0.15) is 0 Å². The molecule has 1 nitrogen and oxygen atoms in total. The van der Waals surface area contributed by atoms with Crippen molar-refractivity contribution < 1.29 is 0 Å². The van der Waals surface area contributed by atoms with Crippen LogP contribution in [-0.2, 0) is 0 Å². The summed E-state index contributed by atoms with van der Waals surface area (Å²) in [5.41, 5.74) is 0. The summed E-state index contributed by atoms with van der Waals surface area (Å²) < 4.78 is 0. The molecule has 1 rings (SSSR count). The van der Waals surface area contributed by atoms with E-state index in [4.69, 9.17) is 0 Å². The van der Waals surface area contributed by atoms with Gasteiger partial charge in [-0.05, 0) is 25.8 Å². The third-order valence-electron chi connectivity index (χ3n) is 2.29. The van der Waals surface area contributed by atoms with Crippen molar-refractivity contribution in [3.63, 3.8) is 0 Å². The van der Waals surface area contributed by atoms with Gasteiger partial charge in [0.15, 0.2) is 0 Å². The van der Waals surface area contributed by atoms with Gasteiger partial charge < -0.3 is 5.32 Å². The van der Waals surface area contributed by atoms with Crippen LogP contribution >= 0.6 is 0 Å². The molecular formula is C9H19NNa. The fraction of sp³-hybridized carbons (Fsp3) is 1.00. The van der Waals surface area contributed by atoms with Crippen molar-refractivity contribution in [2.45, 2.75) is 51.5 Å². The molecule has 0 unspecified atom stereocenters. The zero-order chi connectivity index (χ0) is 7.23. The molecular weight excluding hydrogens is 145 g/mol. The quantitative estimate of drug-likeness (QED) is 0.628. The van der Waals surface area contributed by atoms with Crippen molar-refractivity contribution in [1.29, 1.82) is 0 Å². The first kappa shape index (κ1) is 12.0. The molecule has 0 heterocycles. The fourth-order valence-electron chi connectivity index (χ4n) is 1.66. The molecule has 1 saturated carbocycles. The second-order valence-electron chi connectivity index (χ2n) is 3.29.